The highest BCUT2D eigenvalue weighted by Crippen LogP contribution is 2.26. The molecular formula is C20H20N2O5. The van der Waals surface area contributed by atoms with Gasteiger partial charge in [0.1, 0.15) is 5.75 Å². The number of carbonyl (C=O) groups excluding carboxylic acids is 2. The lowest BCUT2D eigenvalue weighted by molar-refractivity contribution is -0.384. The number of carbonyl (C=O) groups is 2. The maximum Gasteiger partial charge on any atom is 0.314 e. The van der Waals surface area contributed by atoms with Gasteiger partial charge in [0.25, 0.3) is 11.6 Å². The number of nitrogens with one attached hydrogen (secondary N) is 1. The van der Waals surface area contributed by atoms with Crippen LogP contribution >= 0.6 is 0 Å². The van der Waals surface area contributed by atoms with E-state index in [1.54, 1.807) is 24.3 Å². The number of esters is 1. The lowest BCUT2D eigenvalue weighted by Gasteiger charge is -2.19. The monoisotopic (exact) mass is 368 g/mol. The van der Waals surface area contributed by atoms with Gasteiger partial charge in [-0.3, -0.25) is 19.7 Å². The van der Waals surface area contributed by atoms with Crippen molar-refractivity contribution in [2.45, 2.75) is 32.1 Å². The third kappa shape index (κ3) is 4.91. The van der Waals surface area contributed by atoms with E-state index in [-0.39, 0.29) is 23.1 Å². The second-order valence-corrected chi connectivity index (χ2v) is 6.54. The minimum atomic E-state index is -0.549. The molecule has 1 saturated carbocycles. The smallest absolute Gasteiger partial charge is 0.314 e. The number of nitro groups is 1. The Kier molecular flexibility index (Phi) is 5.80. The highest BCUT2D eigenvalue weighted by atomic mass is 16.6. The first-order valence-corrected chi connectivity index (χ1v) is 8.90. The van der Waals surface area contributed by atoms with Crippen molar-refractivity contribution in [1.29, 1.82) is 0 Å². The zero-order valence-corrected chi connectivity index (χ0v) is 14.7. The van der Waals surface area contributed by atoms with Crippen LogP contribution in [0.1, 0.15) is 42.5 Å². The van der Waals surface area contributed by atoms with Crippen molar-refractivity contribution >= 4 is 23.3 Å². The van der Waals surface area contributed by atoms with Crippen molar-refractivity contribution in [3.05, 3.63) is 64.2 Å². The maximum atomic E-state index is 12.2. The summed E-state index contributed by atoms with van der Waals surface area (Å²) >= 11 is 0. The molecule has 140 valence electrons. The first-order chi connectivity index (χ1) is 13.0. The molecule has 0 spiro atoms. The van der Waals surface area contributed by atoms with E-state index in [9.17, 15) is 19.7 Å². The molecule has 1 N–H and O–H groups in total. The van der Waals surface area contributed by atoms with Crippen molar-refractivity contribution in [1.82, 2.24) is 0 Å². The highest BCUT2D eigenvalue weighted by Gasteiger charge is 2.23. The molecule has 0 bridgehead atoms. The lowest BCUT2D eigenvalue weighted by Crippen LogP contribution is -2.22. The number of nitrogens with zero attached hydrogens (tertiary/aromatic N) is 1. The molecule has 2 aromatic carbocycles. The minimum Gasteiger partial charge on any atom is -0.426 e. The molecule has 1 amide bonds. The Balaban J connectivity index is 1.60. The van der Waals surface area contributed by atoms with Crippen LogP contribution < -0.4 is 10.1 Å². The summed E-state index contributed by atoms with van der Waals surface area (Å²) in [6, 6.07) is 12.0. The molecule has 0 aliphatic heterocycles. The number of anilines is 1. The van der Waals surface area contributed by atoms with Gasteiger partial charge in [-0.25, -0.2) is 0 Å². The second-order valence-electron chi connectivity index (χ2n) is 6.54. The quantitative estimate of drug-likeness (QED) is 0.366. The summed E-state index contributed by atoms with van der Waals surface area (Å²) < 4.78 is 5.41. The van der Waals surface area contributed by atoms with Gasteiger partial charge in [0.2, 0.25) is 0 Å². The largest absolute Gasteiger partial charge is 0.426 e. The fourth-order valence-corrected chi connectivity index (χ4v) is 3.11. The van der Waals surface area contributed by atoms with Crippen molar-refractivity contribution in [3.8, 4) is 5.75 Å². The highest BCUT2D eigenvalue weighted by molar-refractivity contribution is 6.04. The van der Waals surface area contributed by atoms with Crippen molar-refractivity contribution in [2.24, 2.45) is 5.92 Å². The van der Waals surface area contributed by atoms with Crippen LogP contribution in [0.4, 0.5) is 11.4 Å². The Morgan fingerprint density at radius 2 is 1.74 bits per heavy atom. The van der Waals surface area contributed by atoms with Gasteiger partial charge < -0.3 is 10.1 Å². The molecule has 0 heterocycles. The Morgan fingerprint density at radius 1 is 1.04 bits per heavy atom. The van der Waals surface area contributed by atoms with Crippen LogP contribution in [0.3, 0.4) is 0 Å². The Morgan fingerprint density at radius 3 is 2.41 bits per heavy atom. The van der Waals surface area contributed by atoms with Crippen LogP contribution in [0.5, 0.6) is 5.75 Å². The number of benzene rings is 2. The molecule has 0 radical (unpaired) electrons. The first-order valence-electron chi connectivity index (χ1n) is 8.90. The number of amides is 1. The molecule has 1 aliphatic carbocycles. The average Bonchev–Trinajstić information content (AvgIpc) is 2.70. The number of ether oxygens (including phenoxy) is 1. The van der Waals surface area contributed by atoms with Gasteiger partial charge in [0.05, 0.1) is 10.8 Å². The van der Waals surface area contributed by atoms with E-state index in [1.807, 2.05) is 0 Å². The zero-order valence-electron chi connectivity index (χ0n) is 14.7. The molecule has 7 nitrogen and oxygen atoms in total. The summed E-state index contributed by atoms with van der Waals surface area (Å²) in [5, 5.41) is 13.5. The fraction of sp³-hybridized carbons (Fsp3) is 0.300. The second kappa shape index (κ2) is 8.44. The number of rotatable bonds is 5. The average molecular weight is 368 g/mol. The van der Waals surface area contributed by atoms with Gasteiger partial charge in [0, 0.05) is 23.4 Å². The summed E-state index contributed by atoms with van der Waals surface area (Å²) in [5.41, 5.74) is 0.550. The molecule has 1 aliphatic rings. The molecule has 0 atom stereocenters. The zero-order chi connectivity index (χ0) is 19.2. The predicted molar refractivity (Wildman–Crippen MR) is 99.7 cm³/mol. The van der Waals surface area contributed by atoms with E-state index in [2.05, 4.69) is 5.32 Å². The van der Waals surface area contributed by atoms with E-state index >= 15 is 0 Å². The normalized spacial score (nSPS) is 14.4. The number of hydrogen-bond acceptors (Lipinski definition) is 5. The number of non-ortho nitro benzene ring substituents is 1. The molecular weight excluding hydrogens is 348 g/mol. The summed E-state index contributed by atoms with van der Waals surface area (Å²) in [5.74, 6) is -0.264. The maximum absolute atomic E-state index is 12.2. The number of hydrogen-bond donors (Lipinski definition) is 1. The summed E-state index contributed by atoms with van der Waals surface area (Å²) in [6.45, 7) is 0. The van der Waals surface area contributed by atoms with Gasteiger partial charge in [-0.1, -0.05) is 25.3 Å². The third-order valence-electron chi connectivity index (χ3n) is 4.59. The molecule has 0 saturated heterocycles. The van der Waals surface area contributed by atoms with Gasteiger partial charge in [-0.05, 0) is 43.2 Å². The topological polar surface area (TPSA) is 98.5 Å². The SMILES string of the molecule is O=C(Nc1ccc(OC(=O)C2CCCCC2)cc1)c1cccc([N+](=O)[O-])c1. The van der Waals surface area contributed by atoms with E-state index < -0.39 is 10.8 Å². The molecule has 27 heavy (non-hydrogen) atoms. The lowest BCUT2D eigenvalue weighted by atomic mass is 9.89. The van der Waals surface area contributed by atoms with Gasteiger partial charge >= 0.3 is 5.97 Å². The van der Waals surface area contributed by atoms with E-state index in [0.717, 1.165) is 25.7 Å². The van der Waals surface area contributed by atoms with Crippen LogP contribution in [-0.4, -0.2) is 16.8 Å². The minimum absolute atomic E-state index is 0.0352. The van der Waals surface area contributed by atoms with Crippen LogP contribution in [0.25, 0.3) is 0 Å². The molecule has 2 aromatic rings. The standard InChI is InChI=1S/C20H20N2O5/c23-19(15-7-4-8-17(13-15)22(25)26)21-16-9-11-18(12-10-16)27-20(24)14-5-2-1-3-6-14/h4,7-14H,1-3,5-6H2,(H,21,23). The summed E-state index contributed by atoms with van der Waals surface area (Å²) in [4.78, 5) is 34.7. The predicted octanol–water partition coefficient (Wildman–Crippen LogP) is 4.33. The van der Waals surface area contributed by atoms with Crippen LogP contribution in [0, 0.1) is 16.0 Å². The van der Waals surface area contributed by atoms with E-state index in [4.69, 9.17) is 4.74 Å². The first kappa shape index (κ1) is 18.6. The molecule has 3 rings (SSSR count). The van der Waals surface area contributed by atoms with Crippen LogP contribution in [-0.2, 0) is 4.79 Å². The third-order valence-corrected chi connectivity index (χ3v) is 4.59. The Labute approximate surface area is 156 Å². The van der Waals surface area contributed by atoms with Gasteiger partial charge in [-0.2, -0.15) is 0 Å². The summed E-state index contributed by atoms with van der Waals surface area (Å²) in [7, 11) is 0. The Bertz CT molecular complexity index is 842. The molecule has 0 unspecified atom stereocenters. The van der Waals surface area contributed by atoms with Gasteiger partial charge in [0.15, 0.2) is 0 Å². The fourth-order valence-electron chi connectivity index (χ4n) is 3.11. The molecule has 0 aromatic heterocycles. The summed E-state index contributed by atoms with van der Waals surface area (Å²) in [6.07, 6.45) is 5.03. The van der Waals surface area contributed by atoms with Crippen molar-refractivity contribution < 1.29 is 19.2 Å². The van der Waals surface area contributed by atoms with Gasteiger partial charge in [-0.15, -0.1) is 0 Å². The molecule has 1 fully saturated rings. The van der Waals surface area contributed by atoms with Crippen LogP contribution in [0.2, 0.25) is 0 Å². The van der Waals surface area contributed by atoms with Crippen molar-refractivity contribution in [3.63, 3.8) is 0 Å². The van der Waals surface area contributed by atoms with Crippen LogP contribution in [0.15, 0.2) is 48.5 Å². The van der Waals surface area contributed by atoms with E-state index in [1.165, 1.54) is 30.7 Å². The Hall–Kier alpha value is -3.22. The van der Waals surface area contributed by atoms with Crippen molar-refractivity contribution in [2.75, 3.05) is 5.32 Å². The number of nitro benzene ring substituents is 1. The van der Waals surface area contributed by atoms with E-state index in [0.29, 0.717) is 11.4 Å². The molecule has 7 heteroatoms.